The van der Waals surface area contributed by atoms with E-state index in [2.05, 4.69) is 20.6 Å². The van der Waals surface area contributed by atoms with Gasteiger partial charge in [-0.1, -0.05) is 60.7 Å². The van der Waals surface area contributed by atoms with Crippen molar-refractivity contribution < 1.29 is 23.8 Å². The maximum absolute atomic E-state index is 12.7. The van der Waals surface area contributed by atoms with Crippen molar-refractivity contribution in [3.63, 3.8) is 0 Å². The number of hydrogen-bond acceptors (Lipinski definition) is 8. The third kappa shape index (κ3) is 6.17. The summed E-state index contributed by atoms with van der Waals surface area (Å²) in [4.78, 5) is 33.7. The summed E-state index contributed by atoms with van der Waals surface area (Å²) in [5.41, 5.74) is 2.39. The van der Waals surface area contributed by atoms with Crippen LogP contribution in [-0.4, -0.2) is 40.9 Å². The van der Waals surface area contributed by atoms with Gasteiger partial charge in [-0.3, -0.25) is 10.3 Å². The Morgan fingerprint density at radius 3 is 2.38 bits per heavy atom. The highest BCUT2D eigenvalue weighted by Gasteiger charge is 2.23. The molecule has 2 aromatic carbocycles. The molecule has 4 aromatic rings. The molecule has 0 fully saturated rings. The summed E-state index contributed by atoms with van der Waals surface area (Å²) in [5, 5.41) is 6.33. The minimum Gasteiger partial charge on any atom is -0.486 e. The fourth-order valence-electron chi connectivity index (χ4n) is 3.55. The van der Waals surface area contributed by atoms with Gasteiger partial charge in [0.05, 0.1) is 19.4 Å². The van der Waals surface area contributed by atoms with E-state index in [4.69, 9.17) is 26.4 Å². The summed E-state index contributed by atoms with van der Waals surface area (Å²) in [7, 11) is 1.26. The van der Waals surface area contributed by atoms with Crippen molar-refractivity contribution in [1.29, 1.82) is 0 Å². The van der Waals surface area contributed by atoms with Crippen LogP contribution in [0.3, 0.4) is 0 Å². The molecule has 1 amide bonds. The first-order chi connectivity index (χ1) is 18.0. The zero-order chi connectivity index (χ0) is 26.2. The van der Waals surface area contributed by atoms with Crippen molar-refractivity contribution in [2.24, 2.45) is 0 Å². The summed E-state index contributed by atoms with van der Waals surface area (Å²) in [6.45, 7) is 2.05. The van der Waals surface area contributed by atoms with Gasteiger partial charge in [-0.15, -0.1) is 0 Å². The van der Waals surface area contributed by atoms with E-state index in [-0.39, 0.29) is 35.6 Å². The van der Waals surface area contributed by atoms with Gasteiger partial charge in [0.15, 0.2) is 16.6 Å². The maximum Gasteiger partial charge on any atom is 0.413 e. The number of esters is 1. The molecule has 10 heteroatoms. The second-order valence-corrected chi connectivity index (χ2v) is 8.09. The predicted molar refractivity (Wildman–Crippen MR) is 143 cm³/mol. The number of alkyl carbamates (subject to hydrolysis) is 1. The smallest absolute Gasteiger partial charge is 0.413 e. The molecule has 0 bridgehead atoms. The molecule has 37 heavy (non-hydrogen) atoms. The van der Waals surface area contributed by atoms with Crippen LogP contribution in [0.1, 0.15) is 23.0 Å². The average molecular weight is 517 g/mol. The van der Waals surface area contributed by atoms with Gasteiger partial charge in [-0.2, -0.15) is 0 Å². The van der Waals surface area contributed by atoms with Crippen LogP contribution in [-0.2, 0) is 16.1 Å². The Morgan fingerprint density at radius 2 is 1.70 bits per heavy atom. The van der Waals surface area contributed by atoms with Crippen molar-refractivity contribution in [1.82, 2.24) is 15.3 Å². The highest BCUT2D eigenvalue weighted by Crippen LogP contribution is 2.36. The van der Waals surface area contributed by atoms with Gasteiger partial charge in [0.1, 0.15) is 12.4 Å². The number of carbonyl (C=O) groups is 2. The Hall–Kier alpha value is -4.57. The van der Waals surface area contributed by atoms with Gasteiger partial charge in [0.25, 0.3) is 0 Å². The molecule has 2 aromatic heterocycles. The maximum atomic E-state index is 12.7. The Balaban J connectivity index is 1.83. The lowest BCUT2D eigenvalue weighted by atomic mass is 10.1. The summed E-state index contributed by atoms with van der Waals surface area (Å²) >= 11 is 5.27. The van der Waals surface area contributed by atoms with Crippen molar-refractivity contribution in [3.8, 4) is 17.0 Å². The molecule has 0 spiro atoms. The Bertz CT molecular complexity index is 1430. The van der Waals surface area contributed by atoms with Crippen molar-refractivity contribution in [2.45, 2.75) is 13.5 Å². The van der Waals surface area contributed by atoms with E-state index in [1.807, 2.05) is 66.7 Å². The van der Waals surface area contributed by atoms with E-state index in [1.165, 1.54) is 7.11 Å². The molecular formula is C27H24N4O5S. The van der Waals surface area contributed by atoms with Crippen LogP contribution in [0.15, 0.2) is 72.9 Å². The van der Waals surface area contributed by atoms with Crippen LogP contribution in [0, 0.1) is 0 Å². The number of fused-ring (bicyclic) bond motifs is 1. The zero-order valence-corrected chi connectivity index (χ0v) is 21.0. The molecule has 0 unspecified atom stereocenters. The highest BCUT2D eigenvalue weighted by molar-refractivity contribution is 7.80. The molecular weight excluding hydrogens is 492 g/mol. The fraction of sp³-hybridized carbons (Fsp3) is 0.148. The first kappa shape index (κ1) is 25.5. The molecule has 9 nitrogen and oxygen atoms in total. The number of thiocarbonyl (C=S) groups is 1. The molecule has 0 aliphatic carbocycles. The van der Waals surface area contributed by atoms with E-state index >= 15 is 0 Å². The lowest BCUT2D eigenvalue weighted by Gasteiger charge is -2.17. The van der Waals surface area contributed by atoms with Crippen LogP contribution in [0.4, 0.5) is 10.6 Å². The van der Waals surface area contributed by atoms with E-state index in [0.717, 1.165) is 11.1 Å². The molecule has 2 N–H and O–H groups in total. The Labute approximate surface area is 218 Å². The second kappa shape index (κ2) is 11.9. The number of methoxy groups -OCH3 is 1. The van der Waals surface area contributed by atoms with Crippen molar-refractivity contribution >= 4 is 46.0 Å². The largest absolute Gasteiger partial charge is 0.486 e. The Morgan fingerprint density at radius 1 is 1.00 bits per heavy atom. The van der Waals surface area contributed by atoms with Gasteiger partial charge in [-0.05, 0) is 30.8 Å². The standard InChI is InChI=1S/C27H24N4O5S/c1-3-35-27(33)31-26(37)30-24-19-14-21(18-12-8-5-9-13-18)28-15-20(19)23(22(29-24)25(32)34-2)36-16-17-10-6-4-7-11-17/h4-15H,3,16H2,1-2H3,(H2,29,30,31,33,37). The quantitative estimate of drug-likeness (QED) is 0.256. The minimum absolute atomic E-state index is 0.0564. The molecule has 2 heterocycles. The molecule has 188 valence electrons. The first-order valence-corrected chi connectivity index (χ1v) is 11.8. The number of nitrogens with zero attached hydrogens (tertiary/aromatic N) is 2. The predicted octanol–water partition coefficient (Wildman–Crippen LogP) is 5.11. The summed E-state index contributed by atoms with van der Waals surface area (Å²) in [5.74, 6) is -0.277. The van der Waals surface area contributed by atoms with Crippen LogP contribution in [0.25, 0.3) is 22.0 Å². The number of amides is 1. The van der Waals surface area contributed by atoms with Crippen molar-refractivity contribution in [2.75, 3.05) is 19.0 Å². The zero-order valence-electron chi connectivity index (χ0n) is 20.2. The minimum atomic E-state index is -0.716. The molecule has 0 radical (unpaired) electrons. The number of carbonyl (C=O) groups excluding carboxylic acids is 2. The number of rotatable bonds is 7. The normalized spacial score (nSPS) is 10.4. The number of benzene rings is 2. The second-order valence-electron chi connectivity index (χ2n) is 7.68. The molecule has 0 saturated carbocycles. The van der Waals surface area contributed by atoms with Crippen LogP contribution < -0.4 is 15.4 Å². The van der Waals surface area contributed by atoms with E-state index in [0.29, 0.717) is 16.5 Å². The van der Waals surface area contributed by atoms with Crippen LogP contribution in [0.5, 0.6) is 5.75 Å². The van der Waals surface area contributed by atoms with Crippen LogP contribution in [0.2, 0.25) is 0 Å². The molecule has 0 atom stereocenters. The number of pyridine rings is 2. The molecule has 4 rings (SSSR count). The summed E-state index contributed by atoms with van der Waals surface area (Å²) in [6, 6.07) is 20.9. The van der Waals surface area contributed by atoms with Gasteiger partial charge < -0.3 is 19.5 Å². The van der Waals surface area contributed by atoms with Crippen LogP contribution >= 0.6 is 12.2 Å². The third-order valence-corrected chi connectivity index (χ3v) is 5.44. The fourth-order valence-corrected chi connectivity index (χ4v) is 3.73. The van der Waals surface area contributed by atoms with Crippen molar-refractivity contribution in [3.05, 3.63) is 84.2 Å². The topological polar surface area (TPSA) is 112 Å². The Kier molecular flexibility index (Phi) is 8.22. The number of nitrogens with one attached hydrogen (secondary N) is 2. The van der Waals surface area contributed by atoms with Gasteiger partial charge >= 0.3 is 12.1 Å². The highest BCUT2D eigenvalue weighted by atomic mass is 32.1. The van der Waals surface area contributed by atoms with E-state index in [1.54, 1.807) is 13.1 Å². The molecule has 0 aliphatic heterocycles. The number of hydrogen-bond donors (Lipinski definition) is 2. The van der Waals surface area contributed by atoms with E-state index in [9.17, 15) is 9.59 Å². The SMILES string of the molecule is CCOC(=O)NC(=S)Nc1nc(C(=O)OC)c(OCc2ccccc2)c2cnc(-c3ccccc3)cc12. The molecule has 0 saturated heterocycles. The monoisotopic (exact) mass is 516 g/mol. The molecule has 0 aliphatic rings. The number of anilines is 1. The van der Waals surface area contributed by atoms with Gasteiger partial charge in [-0.25, -0.2) is 14.6 Å². The van der Waals surface area contributed by atoms with Gasteiger partial charge in [0.2, 0.25) is 0 Å². The lowest BCUT2D eigenvalue weighted by molar-refractivity contribution is 0.0589. The van der Waals surface area contributed by atoms with Gasteiger partial charge in [0, 0.05) is 22.5 Å². The summed E-state index contributed by atoms with van der Waals surface area (Å²) < 4.78 is 16.0. The third-order valence-electron chi connectivity index (χ3n) is 5.24. The lowest BCUT2D eigenvalue weighted by Crippen LogP contribution is -2.35. The van der Waals surface area contributed by atoms with E-state index < -0.39 is 12.1 Å². The average Bonchev–Trinajstić information content (AvgIpc) is 2.92. The number of ether oxygens (including phenoxy) is 3. The number of aromatic nitrogens is 2. The first-order valence-electron chi connectivity index (χ1n) is 11.4. The summed E-state index contributed by atoms with van der Waals surface area (Å²) in [6.07, 6.45) is 0.894.